The summed E-state index contributed by atoms with van der Waals surface area (Å²) in [5, 5.41) is 0. The van der Waals surface area contributed by atoms with Gasteiger partial charge in [0.2, 0.25) is 5.82 Å². The van der Waals surface area contributed by atoms with E-state index in [9.17, 15) is 8.78 Å². The summed E-state index contributed by atoms with van der Waals surface area (Å²) in [6.07, 6.45) is 8.01. The molecule has 1 fully saturated rings. The van der Waals surface area contributed by atoms with Crippen molar-refractivity contribution in [2.75, 3.05) is 13.2 Å². The van der Waals surface area contributed by atoms with Crippen molar-refractivity contribution in [1.82, 2.24) is 0 Å². The maximum absolute atomic E-state index is 15.1. The van der Waals surface area contributed by atoms with Gasteiger partial charge in [-0.05, 0) is 86.5 Å². The number of ether oxygens (including phenoxy) is 2. The molecule has 35 heavy (non-hydrogen) atoms. The molecule has 4 rings (SSSR count). The van der Waals surface area contributed by atoms with Gasteiger partial charge in [0.15, 0.2) is 23.2 Å². The summed E-state index contributed by atoms with van der Waals surface area (Å²) in [6, 6.07) is 6.38. The molecule has 0 amide bonds. The molecule has 0 bridgehead atoms. The van der Waals surface area contributed by atoms with E-state index in [1.54, 1.807) is 18.2 Å². The van der Waals surface area contributed by atoms with Crippen molar-refractivity contribution < 1.29 is 27.0 Å². The zero-order valence-electron chi connectivity index (χ0n) is 20.1. The first-order valence-electron chi connectivity index (χ1n) is 12.4. The molecule has 0 heterocycles. The maximum atomic E-state index is 15.1. The molecular formula is C29H32F4O2. The average Bonchev–Trinajstić information content (AvgIpc) is 2.88. The number of hydrogen-bond donors (Lipinski definition) is 0. The molecule has 2 aromatic rings. The third-order valence-corrected chi connectivity index (χ3v) is 7.26. The smallest absolute Gasteiger partial charge is 0.200 e. The first-order valence-corrected chi connectivity index (χ1v) is 12.4. The molecule has 2 aliphatic carbocycles. The van der Waals surface area contributed by atoms with E-state index in [0.717, 1.165) is 12.0 Å². The van der Waals surface area contributed by atoms with Crippen LogP contribution in [-0.2, 0) is 4.74 Å². The van der Waals surface area contributed by atoms with Crippen molar-refractivity contribution in [3.05, 3.63) is 83.0 Å². The molecule has 0 aliphatic heterocycles. The third-order valence-electron chi connectivity index (χ3n) is 7.26. The fourth-order valence-electron chi connectivity index (χ4n) is 5.41. The molecule has 0 spiro atoms. The lowest BCUT2D eigenvalue weighted by Gasteiger charge is -2.30. The van der Waals surface area contributed by atoms with Gasteiger partial charge < -0.3 is 9.47 Å². The lowest BCUT2D eigenvalue weighted by atomic mass is 9.75. The van der Waals surface area contributed by atoms with Crippen LogP contribution in [0, 0.1) is 23.3 Å². The van der Waals surface area contributed by atoms with Crippen LogP contribution in [0.2, 0.25) is 0 Å². The summed E-state index contributed by atoms with van der Waals surface area (Å²) in [4.78, 5) is 0. The first kappa shape index (κ1) is 25.5. The van der Waals surface area contributed by atoms with Crippen LogP contribution in [0.1, 0.15) is 80.4 Å². The first-order chi connectivity index (χ1) is 16.9. The number of benzene rings is 2. The highest BCUT2D eigenvalue weighted by molar-refractivity contribution is 5.67. The molecule has 2 aromatic carbocycles. The van der Waals surface area contributed by atoms with E-state index in [2.05, 4.69) is 6.58 Å². The van der Waals surface area contributed by atoms with Gasteiger partial charge in [0, 0.05) is 12.2 Å². The monoisotopic (exact) mass is 488 g/mol. The highest BCUT2D eigenvalue weighted by atomic mass is 19.2. The van der Waals surface area contributed by atoms with Crippen molar-refractivity contribution in [2.24, 2.45) is 0 Å². The van der Waals surface area contributed by atoms with Gasteiger partial charge in [-0.3, -0.25) is 0 Å². The summed E-state index contributed by atoms with van der Waals surface area (Å²) < 4.78 is 70.1. The highest BCUT2D eigenvalue weighted by Crippen LogP contribution is 2.43. The molecule has 2 aliphatic rings. The van der Waals surface area contributed by atoms with Crippen LogP contribution in [0.5, 0.6) is 5.75 Å². The second-order valence-electron chi connectivity index (χ2n) is 9.34. The van der Waals surface area contributed by atoms with Gasteiger partial charge in [0.25, 0.3) is 0 Å². The van der Waals surface area contributed by atoms with Gasteiger partial charge in [-0.1, -0.05) is 36.9 Å². The predicted molar refractivity (Wildman–Crippen MR) is 130 cm³/mol. The lowest BCUT2D eigenvalue weighted by Crippen LogP contribution is -2.17. The minimum atomic E-state index is -1.00. The predicted octanol–water partition coefficient (Wildman–Crippen LogP) is 8.22. The Labute approximate surface area is 204 Å². The zero-order chi connectivity index (χ0) is 24.9. The Morgan fingerprint density at radius 2 is 1.49 bits per heavy atom. The quantitative estimate of drug-likeness (QED) is 0.275. The summed E-state index contributed by atoms with van der Waals surface area (Å²) in [5.41, 5.74) is 1.83. The molecule has 2 nitrogen and oxygen atoms in total. The molecule has 1 unspecified atom stereocenters. The molecule has 6 heteroatoms. The fraction of sp³-hybridized carbons (Fsp3) is 0.448. The largest absolute Gasteiger partial charge is 0.486 e. The Morgan fingerprint density at radius 1 is 0.857 bits per heavy atom. The second kappa shape index (κ2) is 11.4. The van der Waals surface area contributed by atoms with E-state index in [-0.39, 0.29) is 30.3 Å². The van der Waals surface area contributed by atoms with Crippen LogP contribution in [0.25, 0.3) is 5.57 Å². The minimum absolute atomic E-state index is 0.0901. The van der Waals surface area contributed by atoms with Crippen LogP contribution in [0.15, 0.2) is 43.0 Å². The normalized spacial score (nSPS) is 22.5. The second-order valence-corrected chi connectivity index (χ2v) is 9.34. The van der Waals surface area contributed by atoms with Crippen molar-refractivity contribution in [3.63, 3.8) is 0 Å². The molecule has 0 aromatic heterocycles. The zero-order valence-corrected chi connectivity index (χ0v) is 20.1. The highest BCUT2D eigenvalue weighted by Gasteiger charge is 2.30. The molecule has 0 saturated heterocycles. The van der Waals surface area contributed by atoms with Crippen molar-refractivity contribution in [1.29, 1.82) is 0 Å². The molecule has 0 N–H and O–H groups in total. The van der Waals surface area contributed by atoms with E-state index >= 15 is 8.78 Å². The summed E-state index contributed by atoms with van der Waals surface area (Å²) in [6.45, 7) is 6.18. The van der Waals surface area contributed by atoms with Crippen molar-refractivity contribution in [2.45, 2.75) is 69.8 Å². The summed E-state index contributed by atoms with van der Waals surface area (Å²) in [7, 11) is 0. The van der Waals surface area contributed by atoms with Crippen LogP contribution < -0.4 is 4.74 Å². The van der Waals surface area contributed by atoms with Crippen molar-refractivity contribution >= 4 is 5.57 Å². The summed E-state index contributed by atoms with van der Waals surface area (Å²) in [5.74, 6) is -3.95. The number of allylic oxidation sites excluding steroid dienone is 1. The Bertz CT molecular complexity index is 1090. The van der Waals surface area contributed by atoms with E-state index in [1.165, 1.54) is 12.1 Å². The van der Waals surface area contributed by atoms with Crippen LogP contribution in [0.4, 0.5) is 17.6 Å². The maximum Gasteiger partial charge on any atom is 0.200 e. The molecule has 1 atom stereocenters. The number of rotatable bonds is 8. The van der Waals surface area contributed by atoms with Gasteiger partial charge in [0.05, 0.1) is 6.10 Å². The Balaban J connectivity index is 1.44. The molecular weight excluding hydrogens is 456 g/mol. The van der Waals surface area contributed by atoms with E-state index < -0.39 is 23.3 Å². The number of hydrogen-bond acceptors (Lipinski definition) is 2. The van der Waals surface area contributed by atoms with Gasteiger partial charge >= 0.3 is 0 Å². The van der Waals surface area contributed by atoms with Crippen molar-refractivity contribution in [3.8, 4) is 5.75 Å². The lowest BCUT2D eigenvalue weighted by molar-refractivity contribution is 0.0579. The molecule has 188 valence electrons. The topological polar surface area (TPSA) is 18.5 Å². The van der Waals surface area contributed by atoms with Gasteiger partial charge in [-0.25, -0.2) is 13.2 Å². The third kappa shape index (κ3) is 5.48. The minimum Gasteiger partial charge on any atom is -0.486 e. The van der Waals surface area contributed by atoms with E-state index in [4.69, 9.17) is 9.47 Å². The fourth-order valence-corrected chi connectivity index (χ4v) is 5.41. The molecule has 1 saturated carbocycles. The standard InChI is InChI=1S/C29H32F4O2/c1-3-17-35-25-16-15-24(28(32)29(25)33)19-7-5-18(6-8-19)22-13-14-23(27(31)26(22)30)20-9-11-21(12-10-20)34-4-2/h3,9,13-16,18-19,21H,1,4-8,10-12,17H2,2H3. The summed E-state index contributed by atoms with van der Waals surface area (Å²) >= 11 is 0. The van der Waals surface area contributed by atoms with E-state index in [1.807, 2.05) is 13.0 Å². The Kier molecular flexibility index (Phi) is 8.32. The van der Waals surface area contributed by atoms with Gasteiger partial charge in [-0.2, -0.15) is 4.39 Å². The Morgan fingerprint density at radius 3 is 2.06 bits per heavy atom. The molecule has 0 radical (unpaired) electrons. The van der Waals surface area contributed by atoms with Gasteiger partial charge in [0.1, 0.15) is 6.61 Å². The Hall–Kier alpha value is -2.60. The SMILES string of the molecule is C=CCOc1ccc(C2CCC(c3ccc(C4=CCC(OCC)CC4)c(F)c3F)CC2)c(F)c1F. The average molecular weight is 489 g/mol. The van der Waals surface area contributed by atoms with Gasteiger partial charge in [-0.15, -0.1) is 0 Å². The van der Waals surface area contributed by atoms with Crippen LogP contribution in [0.3, 0.4) is 0 Å². The van der Waals surface area contributed by atoms with E-state index in [0.29, 0.717) is 61.8 Å². The van der Waals surface area contributed by atoms with Crippen LogP contribution >= 0.6 is 0 Å². The van der Waals surface area contributed by atoms with Crippen LogP contribution in [-0.4, -0.2) is 19.3 Å². The number of halogens is 4.